The molecule has 0 spiro atoms. The molecule has 3 heterocycles. The van der Waals surface area contributed by atoms with Crippen molar-refractivity contribution in [2.75, 3.05) is 40.9 Å². The highest BCUT2D eigenvalue weighted by atomic mass is 16.5. The van der Waals surface area contributed by atoms with Crippen molar-refractivity contribution in [1.29, 1.82) is 0 Å². The first kappa shape index (κ1) is 21.3. The lowest BCUT2D eigenvalue weighted by Gasteiger charge is -2.33. The topological polar surface area (TPSA) is 68.6 Å². The Morgan fingerprint density at radius 1 is 1.23 bits per heavy atom. The number of hydrogen-bond acceptors (Lipinski definition) is 6. The van der Waals surface area contributed by atoms with Gasteiger partial charge in [-0.2, -0.15) is 0 Å². The summed E-state index contributed by atoms with van der Waals surface area (Å²) in [4.78, 5) is 19.2. The lowest BCUT2D eigenvalue weighted by Crippen LogP contribution is -2.44. The maximum Gasteiger partial charge on any atom is 0.343 e. The minimum atomic E-state index is -0.445. The number of methoxy groups -OCH3 is 2. The van der Waals surface area contributed by atoms with E-state index in [0.717, 1.165) is 42.9 Å². The second-order valence-electron chi connectivity index (χ2n) is 8.00. The largest absolute Gasteiger partial charge is 0.480 e. The van der Waals surface area contributed by atoms with Gasteiger partial charge in [0.05, 0.1) is 26.0 Å². The summed E-state index contributed by atoms with van der Waals surface area (Å²) in [6.45, 7) is 5.06. The standard InChI is InChI=1S/C24H30N4O3/c1-6-15-12-18(24(29)31-5)23(30-4)26-22(15)16-7-8-19-17(11-16)13-20(28(19)3)21-14-25-9-10-27(21)2/h7-8,11-13,21,25H,6,9-10,14H2,1-5H3. The van der Waals surface area contributed by atoms with Crippen molar-refractivity contribution < 1.29 is 14.3 Å². The minimum Gasteiger partial charge on any atom is -0.480 e. The van der Waals surface area contributed by atoms with Gasteiger partial charge in [0.1, 0.15) is 5.56 Å². The van der Waals surface area contributed by atoms with E-state index >= 15 is 0 Å². The highest BCUT2D eigenvalue weighted by Gasteiger charge is 2.24. The molecular weight excluding hydrogens is 392 g/mol. The lowest BCUT2D eigenvalue weighted by molar-refractivity contribution is 0.0596. The molecule has 1 unspecified atom stereocenters. The molecule has 1 aromatic carbocycles. The number of pyridine rings is 1. The molecule has 2 aromatic heterocycles. The maximum atomic E-state index is 12.1. The Labute approximate surface area is 183 Å². The van der Waals surface area contributed by atoms with Crippen molar-refractivity contribution in [1.82, 2.24) is 19.8 Å². The number of benzene rings is 1. The third-order valence-corrected chi connectivity index (χ3v) is 6.25. The Morgan fingerprint density at radius 3 is 2.71 bits per heavy atom. The monoisotopic (exact) mass is 422 g/mol. The summed E-state index contributed by atoms with van der Waals surface area (Å²) in [5, 5.41) is 4.68. The molecule has 1 fully saturated rings. The number of piperazine rings is 1. The predicted octanol–water partition coefficient (Wildman–Crippen LogP) is 3.17. The number of carbonyl (C=O) groups excluding carboxylic acids is 1. The quantitative estimate of drug-likeness (QED) is 0.637. The molecule has 7 heteroatoms. The second-order valence-corrected chi connectivity index (χ2v) is 8.00. The van der Waals surface area contributed by atoms with E-state index in [0.29, 0.717) is 11.6 Å². The predicted molar refractivity (Wildman–Crippen MR) is 122 cm³/mol. The minimum absolute atomic E-state index is 0.280. The van der Waals surface area contributed by atoms with Gasteiger partial charge in [-0.1, -0.05) is 13.0 Å². The summed E-state index contributed by atoms with van der Waals surface area (Å²) in [5.74, 6) is -0.165. The fraction of sp³-hybridized carbons (Fsp3) is 0.417. The average molecular weight is 423 g/mol. The molecule has 164 valence electrons. The van der Waals surface area contributed by atoms with E-state index in [4.69, 9.17) is 14.5 Å². The third-order valence-electron chi connectivity index (χ3n) is 6.25. The van der Waals surface area contributed by atoms with Crippen molar-refractivity contribution >= 4 is 16.9 Å². The average Bonchev–Trinajstić information content (AvgIpc) is 3.13. The van der Waals surface area contributed by atoms with Crippen LogP contribution in [-0.4, -0.2) is 61.3 Å². The van der Waals surface area contributed by atoms with Gasteiger partial charge in [0.25, 0.3) is 0 Å². The van der Waals surface area contributed by atoms with Crippen LogP contribution in [0.25, 0.3) is 22.2 Å². The summed E-state index contributed by atoms with van der Waals surface area (Å²) in [5.41, 5.74) is 5.65. The highest BCUT2D eigenvalue weighted by Crippen LogP contribution is 2.33. The van der Waals surface area contributed by atoms with Gasteiger partial charge < -0.3 is 19.4 Å². The molecule has 1 aliphatic heterocycles. The maximum absolute atomic E-state index is 12.1. The van der Waals surface area contributed by atoms with E-state index in [2.05, 4.69) is 60.1 Å². The Bertz CT molecular complexity index is 1120. The molecule has 0 amide bonds. The highest BCUT2D eigenvalue weighted by molar-refractivity contribution is 5.93. The van der Waals surface area contributed by atoms with Crippen molar-refractivity contribution in [2.45, 2.75) is 19.4 Å². The first-order valence-corrected chi connectivity index (χ1v) is 10.6. The summed E-state index contributed by atoms with van der Waals surface area (Å²) in [7, 11) is 7.19. The summed E-state index contributed by atoms with van der Waals surface area (Å²) >= 11 is 0. The number of aromatic nitrogens is 2. The Hall–Kier alpha value is -2.90. The van der Waals surface area contributed by atoms with E-state index in [9.17, 15) is 4.79 Å². The van der Waals surface area contributed by atoms with E-state index in [1.807, 2.05) is 6.07 Å². The van der Waals surface area contributed by atoms with Crippen LogP contribution in [0.2, 0.25) is 0 Å². The summed E-state index contributed by atoms with van der Waals surface area (Å²) < 4.78 is 12.6. The molecule has 0 aliphatic carbocycles. The number of rotatable bonds is 5. The van der Waals surface area contributed by atoms with Crippen molar-refractivity contribution in [2.24, 2.45) is 7.05 Å². The Kier molecular flexibility index (Phi) is 5.98. The number of aryl methyl sites for hydroxylation is 2. The number of hydrogen-bond donors (Lipinski definition) is 1. The molecule has 1 N–H and O–H groups in total. The number of likely N-dealkylation sites (N-methyl/N-ethyl adjacent to an activating group) is 1. The third kappa shape index (κ3) is 3.79. The fourth-order valence-corrected chi connectivity index (χ4v) is 4.44. The first-order valence-electron chi connectivity index (χ1n) is 10.6. The Morgan fingerprint density at radius 2 is 2.03 bits per heavy atom. The van der Waals surface area contributed by atoms with Gasteiger partial charge in [-0.3, -0.25) is 4.90 Å². The van der Waals surface area contributed by atoms with Gasteiger partial charge in [0.15, 0.2) is 0 Å². The molecule has 1 atom stereocenters. The van der Waals surface area contributed by atoms with E-state index in [1.54, 1.807) is 0 Å². The zero-order valence-electron chi connectivity index (χ0n) is 18.9. The van der Waals surface area contributed by atoms with E-state index < -0.39 is 5.97 Å². The summed E-state index contributed by atoms with van der Waals surface area (Å²) in [6, 6.07) is 10.9. The van der Waals surface area contributed by atoms with Gasteiger partial charge in [-0.15, -0.1) is 0 Å². The van der Waals surface area contributed by atoms with Gasteiger partial charge in [0, 0.05) is 48.8 Å². The fourth-order valence-electron chi connectivity index (χ4n) is 4.44. The van der Waals surface area contributed by atoms with Crippen LogP contribution >= 0.6 is 0 Å². The zero-order valence-corrected chi connectivity index (χ0v) is 18.9. The molecule has 7 nitrogen and oxygen atoms in total. The van der Waals surface area contributed by atoms with Gasteiger partial charge >= 0.3 is 5.97 Å². The van der Waals surface area contributed by atoms with Crippen LogP contribution in [-0.2, 0) is 18.2 Å². The molecule has 0 radical (unpaired) electrons. The molecule has 0 bridgehead atoms. The molecular formula is C24H30N4O3. The summed E-state index contributed by atoms with van der Waals surface area (Å²) in [6.07, 6.45) is 0.743. The number of ether oxygens (including phenoxy) is 2. The van der Waals surface area contributed by atoms with Crippen molar-refractivity contribution in [3.05, 3.63) is 47.2 Å². The number of fused-ring (bicyclic) bond motifs is 1. The smallest absolute Gasteiger partial charge is 0.343 e. The molecule has 0 saturated carbocycles. The van der Waals surface area contributed by atoms with Gasteiger partial charge in [-0.05, 0) is 43.3 Å². The number of nitrogens with zero attached hydrogens (tertiary/aromatic N) is 3. The molecule has 4 rings (SSSR count). The number of nitrogens with one attached hydrogen (secondary N) is 1. The van der Waals surface area contributed by atoms with Crippen LogP contribution in [0.15, 0.2) is 30.3 Å². The van der Waals surface area contributed by atoms with Crippen LogP contribution < -0.4 is 10.1 Å². The van der Waals surface area contributed by atoms with E-state index in [-0.39, 0.29) is 5.88 Å². The Balaban J connectivity index is 1.81. The first-order chi connectivity index (χ1) is 15.0. The van der Waals surface area contributed by atoms with Crippen LogP contribution in [0.3, 0.4) is 0 Å². The SMILES string of the molecule is CCc1cc(C(=O)OC)c(OC)nc1-c1ccc2c(c1)cc(C1CNCCN1C)n2C. The van der Waals surface area contributed by atoms with Crippen LogP contribution in [0.1, 0.15) is 34.6 Å². The van der Waals surface area contributed by atoms with Crippen molar-refractivity contribution in [3.8, 4) is 17.1 Å². The molecule has 3 aromatic rings. The van der Waals surface area contributed by atoms with Gasteiger partial charge in [-0.25, -0.2) is 9.78 Å². The van der Waals surface area contributed by atoms with Crippen molar-refractivity contribution in [3.63, 3.8) is 0 Å². The van der Waals surface area contributed by atoms with Crippen LogP contribution in [0.5, 0.6) is 5.88 Å². The molecule has 1 saturated heterocycles. The number of esters is 1. The second kappa shape index (κ2) is 8.69. The molecule has 1 aliphatic rings. The van der Waals surface area contributed by atoms with Crippen LogP contribution in [0.4, 0.5) is 0 Å². The zero-order chi connectivity index (χ0) is 22.1. The normalized spacial score (nSPS) is 17.1. The van der Waals surface area contributed by atoms with E-state index in [1.165, 1.54) is 30.8 Å². The molecule has 31 heavy (non-hydrogen) atoms. The van der Waals surface area contributed by atoms with Gasteiger partial charge in [0.2, 0.25) is 5.88 Å². The van der Waals surface area contributed by atoms with Crippen LogP contribution in [0, 0.1) is 0 Å². The number of carbonyl (C=O) groups is 1. The lowest BCUT2D eigenvalue weighted by atomic mass is 10.0.